The summed E-state index contributed by atoms with van der Waals surface area (Å²) in [4.78, 5) is 4.17. The van der Waals surface area contributed by atoms with Gasteiger partial charge in [0.1, 0.15) is 0 Å². The SMILES string of the molecule is c1cn(C2CCCC2NC2CCCNC2)cn1. The number of nitrogens with one attached hydrogen (secondary N) is 2. The molecule has 94 valence electrons. The minimum Gasteiger partial charge on any atom is -0.333 e. The van der Waals surface area contributed by atoms with Gasteiger partial charge in [-0.3, -0.25) is 0 Å². The maximum Gasteiger partial charge on any atom is 0.0949 e. The van der Waals surface area contributed by atoms with Crippen LogP contribution in [-0.2, 0) is 0 Å². The van der Waals surface area contributed by atoms with Gasteiger partial charge in [0.2, 0.25) is 0 Å². The third kappa shape index (κ3) is 2.53. The Morgan fingerprint density at radius 2 is 2.24 bits per heavy atom. The van der Waals surface area contributed by atoms with Gasteiger partial charge in [-0.2, -0.15) is 0 Å². The summed E-state index contributed by atoms with van der Waals surface area (Å²) in [6.45, 7) is 2.32. The fourth-order valence-electron chi connectivity index (χ4n) is 3.25. The summed E-state index contributed by atoms with van der Waals surface area (Å²) in [5.74, 6) is 0. The zero-order valence-corrected chi connectivity index (χ0v) is 10.3. The first kappa shape index (κ1) is 11.2. The molecule has 1 aromatic heterocycles. The first-order chi connectivity index (χ1) is 8.43. The van der Waals surface area contributed by atoms with Crippen LogP contribution in [-0.4, -0.2) is 34.7 Å². The number of aromatic nitrogens is 2. The Balaban J connectivity index is 1.61. The highest BCUT2D eigenvalue weighted by Crippen LogP contribution is 2.30. The Morgan fingerprint density at radius 3 is 3.00 bits per heavy atom. The highest BCUT2D eigenvalue weighted by molar-refractivity contribution is 4.93. The maximum atomic E-state index is 4.17. The fourth-order valence-corrected chi connectivity index (χ4v) is 3.25. The van der Waals surface area contributed by atoms with Crippen molar-refractivity contribution in [3.8, 4) is 0 Å². The molecular formula is C13H22N4. The molecule has 3 rings (SSSR count). The lowest BCUT2D eigenvalue weighted by Gasteiger charge is -2.30. The van der Waals surface area contributed by atoms with Crippen LogP contribution in [0.4, 0.5) is 0 Å². The molecule has 1 aromatic rings. The van der Waals surface area contributed by atoms with Gasteiger partial charge in [0.05, 0.1) is 6.33 Å². The Hall–Kier alpha value is -0.870. The topological polar surface area (TPSA) is 41.9 Å². The van der Waals surface area contributed by atoms with Crippen molar-refractivity contribution in [3.63, 3.8) is 0 Å². The zero-order chi connectivity index (χ0) is 11.5. The molecule has 0 radical (unpaired) electrons. The van der Waals surface area contributed by atoms with Gasteiger partial charge in [-0.25, -0.2) is 4.98 Å². The summed E-state index contributed by atoms with van der Waals surface area (Å²) in [7, 11) is 0. The van der Waals surface area contributed by atoms with Crippen LogP contribution in [0.2, 0.25) is 0 Å². The number of nitrogens with zero attached hydrogens (tertiary/aromatic N) is 2. The largest absolute Gasteiger partial charge is 0.333 e. The molecule has 2 aliphatic rings. The molecule has 3 unspecified atom stereocenters. The number of hydrogen-bond acceptors (Lipinski definition) is 3. The molecule has 17 heavy (non-hydrogen) atoms. The van der Waals surface area contributed by atoms with Gasteiger partial charge in [-0.15, -0.1) is 0 Å². The van der Waals surface area contributed by atoms with Crippen LogP contribution in [0.5, 0.6) is 0 Å². The summed E-state index contributed by atoms with van der Waals surface area (Å²) >= 11 is 0. The second-order valence-corrected chi connectivity index (χ2v) is 5.32. The third-order valence-corrected chi connectivity index (χ3v) is 4.13. The molecule has 4 heteroatoms. The molecule has 3 atom stereocenters. The standard InChI is InChI=1S/C13H22N4/c1-4-12(16-11-3-2-6-14-9-11)13(5-1)17-8-7-15-10-17/h7-8,10-14,16H,1-6,9H2. The molecule has 2 fully saturated rings. The van der Waals surface area contributed by atoms with Crippen molar-refractivity contribution >= 4 is 0 Å². The van der Waals surface area contributed by atoms with Gasteiger partial charge in [-0.1, -0.05) is 0 Å². The van der Waals surface area contributed by atoms with Gasteiger partial charge in [0, 0.05) is 37.1 Å². The molecule has 1 aliphatic heterocycles. The van der Waals surface area contributed by atoms with Crippen LogP contribution >= 0.6 is 0 Å². The first-order valence-corrected chi connectivity index (χ1v) is 6.88. The predicted octanol–water partition coefficient (Wildman–Crippen LogP) is 1.32. The quantitative estimate of drug-likeness (QED) is 0.829. The Bertz CT molecular complexity index is 329. The van der Waals surface area contributed by atoms with Crippen molar-refractivity contribution in [3.05, 3.63) is 18.7 Å². The predicted molar refractivity (Wildman–Crippen MR) is 67.9 cm³/mol. The molecule has 0 spiro atoms. The molecule has 1 aliphatic carbocycles. The van der Waals surface area contributed by atoms with E-state index >= 15 is 0 Å². The lowest BCUT2D eigenvalue weighted by Crippen LogP contribution is -2.48. The van der Waals surface area contributed by atoms with Crippen molar-refractivity contribution < 1.29 is 0 Å². The molecule has 2 N–H and O–H groups in total. The van der Waals surface area contributed by atoms with Gasteiger partial charge >= 0.3 is 0 Å². The highest BCUT2D eigenvalue weighted by Gasteiger charge is 2.30. The van der Waals surface area contributed by atoms with E-state index in [-0.39, 0.29) is 0 Å². The Kier molecular flexibility index (Phi) is 3.43. The van der Waals surface area contributed by atoms with E-state index in [1.165, 1.54) is 38.6 Å². The second kappa shape index (κ2) is 5.19. The van der Waals surface area contributed by atoms with E-state index in [9.17, 15) is 0 Å². The molecular weight excluding hydrogens is 212 g/mol. The van der Waals surface area contributed by atoms with Crippen LogP contribution in [0.1, 0.15) is 38.1 Å². The van der Waals surface area contributed by atoms with Crippen LogP contribution in [0.25, 0.3) is 0 Å². The van der Waals surface area contributed by atoms with Gasteiger partial charge < -0.3 is 15.2 Å². The van der Waals surface area contributed by atoms with Crippen LogP contribution in [0.15, 0.2) is 18.7 Å². The molecule has 1 saturated heterocycles. The molecule has 0 aromatic carbocycles. The average molecular weight is 234 g/mol. The van der Waals surface area contributed by atoms with Gasteiger partial charge in [0.25, 0.3) is 0 Å². The molecule has 1 saturated carbocycles. The summed E-state index contributed by atoms with van der Waals surface area (Å²) in [6, 6.07) is 1.91. The van der Waals surface area contributed by atoms with Crippen molar-refractivity contribution in [2.75, 3.05) is 13.1 Å². The smallest absolute Gasteiger partial charge is 0.0949 e. The zero-order valence-electron chi connectivity index (χ0n) is 10.3. The van der Waals surface area contributed by atoms with E-state index in [0.717, 1.165) is 6.54 Å². The van der Waals surface area contributed by atoms with E-state index in [1.807, 2.05) is 12.5 Å². The summed E-state index contributed by atoms with van der Waals surface area (Å²) in [5, 5.41) is 7.32. The number of piperidine rings is 1. The van der Waals surface area contributed by atoms with Gasteiger partial charge in [-0.05, 0) is 38.6 Å². The lowest BCUT2D eigenvalue weighted by molar-refractivity contribution is 0.309. The van der Waals surface area contributed by atoms with Crippen LogP contribution < -0.4 is 10.6 Å². The third-order valence-electron chi connectivity index (χ3n) is 4.13. The highest BCUT2D eigenvalue weighted by atomic mass is 15.1. The average Bonchev–Trinajstić information content (AvgIpc) is 3.00. The van der Waals surface area contributed by atoms with Gasteiger partial charge in [0.15, 0.2) is 0 Å². The summed E-state index contributed by atoms with van der Waals surface area (Å²) in [5.41, 5.74) is 0. The summed E-state index contributed by atoms with van der Waals surface area (Å²) < 4.78 is 2.28. The number of imidazole rings is 1. The van der Waals surface area contributed by atoms with Crippen LogP contribution in [0.3, 0.4) is 0 Å². The van der Waals surface area contributed by atoms with Crippen molar-refractivity contribution in [1.82, 2.24) is 20.2 Å². The monoisotopic (exact) mass is 234 g/mol. The van der Waals surface area contributed by atoms with E-state index < -0.39 is 0 Å². The molecule has 0 bridgehead atoms. The van der Waals surface area contributed by atoms with Crippen molar-refractivity contribution in [2.24, 2.45) is 0 Å². The Morgan fingerprint density at radius 1 is 1.24 bits per heavy atom. The number of hydrogen-bond donors (Lipinski definition) is 2. The molecule has 2 heterocycles. The van der Waals surface area contributed by atoms with E-state index in [2.05, 4.69) is 26.4 Å². The number of rotatable bonds is 3. The van der Waals surface area contributed by atoms with Crippen molar-refractivity contribution in [2.45, 2.75) is 50.2 Å². The second-order valence-electron chi connectivity index (χ2n) is 5.32. The first-order valence-electron chi connectivity index (χ1n) is 6.88. The van der Waals surface area contributed by atoms with E-state index in [0.29, 0.717) is 18.1 Å². The van der Waals surface area contributed by atoms with Crippen LogP contribution in [0, 0.1) is 0 Å². The maximum absolute atomic E-state index is 4.17. The van der Waals surface area contributed by atoms with E-state index in [4.69, 9.17) is 0 Å². The van der Waals surface area contributed by atoms with Crippen molar-refractivity contribution in [1.29, 1.82) is 0 Å². The normalized spacial score (nSPS) is 34.0. The minimum absolute atomic E-state index is 0.611. The Labute approximate surface area is 103 Å². The molecule has 4 nitrogen and oxygen atoms in total. The minimum atomic E-state index is 0.611. The fraction of sp³-hybridized carbons (Fsp3) is 0.769. The summed E-state index contributed by atoms with van der Waals surface area (Å²) in [6.07, 6.45) is 12.5. The molecule has 0 amide bonds. The van der Waals surface area contributed by atoms with E-state index in [1.54, 1.807) is 0 Å². The lowest BCUT2D eigenvalue weighted by atomic mass is 10.0.